The maximum absolute atomic E-state index is 3.84. The van der Waals surface area contributed by atoms with E-state index in [2.05, 4.69) is 96.9 Å². The highest BCUT2D eigenvalue weighted by molar-refractivity contribution is 7.10. The minimum Gasteiger partial charge on any atom is -0.144 e. The maximum atomic E-state index is 3.84. The summed E-state index contributed by atoms with van der Waals surface area (Å²) in [5.74, 6) is 0. The number of hydrogen-bond acceptors (Lipinski definition) is 1. The van der Waals surface area contributed by atoms with Gasteiger partial charge in [0, 0.05) is 4.88 Å². The molecule has 1 aromatic heterocycles. The van der Waals surface area contributed by atoms with Crippen LogP contribution in [0.25, 0.3) is 40.0 Å². The second kappa shape index (κ2) is 6.53. The molecule has 1 aliphatic rings. The van der Waals surface area contributed by atoms with Gasteiger partial charge in [-0.05, 0) is 68.1 Å². The highest BCUT2D eigenvalue weighted by Gasteiger charge is 2.23. The molecule has 0 unspecified atom stereocenters. The zero-order valence-corrected chi connectivity index (χ0v) is 15.7. The van der Waals surface area contributed by atoms with E-state index in [1.807, 2.05) is 6.08 Å². The van der Waals surface area contributed by atoms with Crippen LogP contribution in [0, 0.1) is 0 Å². The molecule has 0 saturated heterocycles. The van der Waals surface area contributed by atoms with Crippen molar-refractivity contribution in [3.63, 3.8) is 0 Å². The first-order valence-corrected chi connectivity index (χ1v) is 9.94. The molecular weight excluding hydrogens is 344 g/mol. The van der Waals surface area contributed by atoms with Crippen LogP contribution in [0.3, 0.4) is 0 Å². The lowest BCUT2D eigenvalue weighted by atomic mass is 9.97. The lowest BCUT2D eigenvalue weighted by Gasteiger charge is -2.07. The first kappa shape index (κ1) is 16.0. The molecule has 1 aliphatic carbocycles. The molecule has 0 fully saturated rings. The molecule has 4 aromatic rings. The van der Waals surface area contributed by atoms with Gasteiger partial charge in [0.15, 0.2) is 0 Å². The molecule has 5 rings (SSSR count). The molecule has 0 spiro atoms. The fourth-order valence-electron chi connectivity index (χ4n) is 3.76. The minimum atomic E-state index is 1.14. The lowest BCUT2D eigenvalue weighted by molar-refractivity contribution is 1.58. The summed E-state index contributed by atoms with van der Waals surface area (Å²) in [6.45, 7) is 3.84. The molecule has 3 aromatic carbocycles. The number of fused-ring (bicyclic) bond motifs is 3. The summed E-state index contributed by atoms with van der Waals surface area (Å²) >= 11 is 1.78. The van der Waals surface area contributed by atoms with Gasteiger partial charge in [-0.25, -0.2) is 0 Å². The van der Waals surface area contributed by atoms with Gasteiger partial charge in [0.2, 0.25) is 0 Å². The molecule has 1 heterocycles. The van der Waals surface area contributed by atoms with Crippen molar-refractivity contribution < 1.29 is 0 Å². The van der Waals surface area contributed by atoms with Gasteiger partial charge < -0.3 is 0 Å². The maximum Gasteiger partial charge on any atom is 0.0276 e. The highest BCUT2D eigenvalue weighted by Crippen LogP contribution is 2.46. The van der Waals surface area contributed by atoms with Crippen molar-refractivity contribution in [2.24, 2.45) is 0 Å². The summed E-state index contributed by atoms with van der Waals surface area (Å²) in [7, 11) is 0. The van der Waals surface area contributed by atoms with Crippen LogP contribution in [-0.2, 0) is 0 Å². The van der Waals surface area contributed by atoms with Crippen LogP contribution in [0.4, 0.5) is 0 Å². The van der Waals surface area contributed by atoms with Gasteiger partial charge in [-0.1, -0.05) is 79.4 Å². The summed E-state index contributed by atoms with van der Waals surface area (Å²) in [6.07, 6.45) is 4.20. The molecular formula is C26H18S. The van der Waals surface area contributed by atoms with Gasteiger partial charge in [-0.15, -0.1) is 11.3 Å². The van der Waals surface area contributed by atoms with Gasteiger partial charge in [-0.3, -0.25) is 0 Å². The number of thiophene rings is 1. The predicted molar refractivity (Wildman–Crippen MR) is 119 cm³/mol. The third kappa shape index (κ3) is 2.77. The Kier molecular flexibility index (Phi) is 3.88. The van der Waals surface area contributed by atoms with Crippen LogP contribution in [-0.4, -0.2) is 0 Å². The topological polar surface area (TPSA) is 0 Å². The van der Waals surface area contributed by atoms with Crippen LogP contribution in [0.1, 0.15) is 21.6 Å². The van der Waals surface area contributed by atoms with Gasteiger partial charge >= 0.3 is 0 Å². The Bertz CT molecular complexity index is 1160. The van der Waals surface area contributed by atoms with Crippen LogP contribution in [0.15, 0.2) is 90.8 Å². The molecule has 0 bridgehead atoms. The minimum absolute atomic E-state index is 1.14. The average Bonchev–Trinajstić information content (AvgIpc) is 3.35. The van der Waals surface area contributed by atoms with E-state index >= 15 is 0 Å². The number of rotatable bonds is 3. The molecule has 0 amide bonds. The zero-order chi connectivity index (χ0) is 18.2. The van der Waals surface area contributed by atoms with E-state index < -0.39 is 0 Å². The van der Waals surface area contributed by atoms with Crippen molar-refractivity contribution in [3.05, 3.63) is 112 Å². The second-order valence-corrected chi connectivity index (χ2v) is 7.68. The Morgan fingerprint density at radius 2 is 1.41 bits per heavy atom. The fraction of sp³-hybridized carbons (Fsp3) is 0. The van der Waals surface area contributed by atoms with E-state index in [4.69, 9.17) is 0 Å². The second-order valence-electron chi connectivity index (χ2n) is 6.71. The van der Waals surface area contributed by atoms with E-state index in [-0.39, 0.29) is 0 Å². The van der Waals surface area contributed by atoms with Crippen molar-refractivity contribution in [1.29, 1.82) is 0 Å². The predicted octanol–water partition coefficient (Wildman–Crippen LogP) is 7.63. The normalized spacial score (nSPS) is 13.4. The van der Waals surface area contributed by atoms with Gasteiger partial charge in [0.25, 0.3) is 0 Å². The summed E-state index contributed by atoms with van der Waals surface area (Å²) in [4.78, 5) is 1.29. The third-order valence-electron chi connectivity index (χ3n) is 5.13. The Hall–Kier alpha value is -3.16. The molecule has 27 heavy (non-hydrogen) atoms. The Morgan fingerprint density at radius 1 is 0.667 bits per heavy atom. The molecule has 0 atom stereocenters. The molecule has 1 heteroatoms. The average molecular weight is 362 g/mol. The van der Waals surface area contributed by atoms with Gasteiger partial charge in [0.1, 0.15) is 0 Å². The van der Waals surface area contributed by atoms with E-state index in [1.54, 1.807) is 11.3 Å². The van der Waals surface area contributed by atoms with Gasteiger partial charge in [-0.2, -0.15) is 0 Å². The van der Waals surface area contributed by atoms with Crippen molar-refractivity contribution >= 4 is 29.1 Å². The van der Waals surface area contributed by atoms with E-state index in [0.717, 1.165) is 5.56 Å². The SMILES string of the molecule is C=Cc1ccc(-c2ccc3c(c2)/C(=C\c2cccs2)c2ccccc2-3)cc1. The summed E-state index contributed by atoms with van der Waals surface area (Å²) in [6, 6.07) is 28.4. The highest BCUT2D eigenvalue weighted by atomic mass is 32.1. The number of hydrogen-bond donors (Lipinski definition) is 0. The zero-order valence-electron chi connectivity index (χ0n) is 14.9. The van der Waals surface area contributed by atoms with Crippen molar-refractivity contribution in [1.82, 2.24) is 0 Å². The van der Waals surface area contributed by atoms with E-state index in [1.165, 1.54) is 43.8 Å². The van der Waals surface area contributed by atoms with Crippen LogP contribution in [0.5, 0.6) is 0 Å². The molecule has 128 valence electrons. The Morgan fingerprint density at radius 3 is 2.15 bits per heavy atom. The first-order chi connectivity index (χ1) is 13.3. The van der Waals surface area contributed by atoms with Crippen molar-refractivity contribution in [2.75, 3.05) is 0 Å². The largest absolute Gasteiger partial charge is 0.144 e. The van der Waals surface area contributed by atoms with E-state index in [0.29, 0.717) is 0 Å². The Labute approximate surface area is 163 Å². The molecule has 0 nitrogen and oxygen atoms in total. The number of benzene rings is 3. The van der Waals surface area contributed by atoms with Crippen LogP contribution >= 0.6 is 11.3 Å². The van der Waals surface area contributed by atoms with Crippen molar-refractivity contribution in [3.8, 4) is 22.3 Å². The molecule has 0 aliphatic heterocycles. The molecule has 0 radical (unpaired) electrons. The standard InChI is InChI=1S/C26H18S/c1-2-18-9-11-19(12-10-18)20-13-14-24-22-7-3-4-8-23(22)26(25(24)16-20)17-21-6-5-15-27-21/h2-17H,1H2/b26-17-. The lowest BCUT2D eigenvalue weighted by Crippen LogP contribution is -1.84. The Balaban J connectivity index is 1.68. The summed E-state index contributed by atoms with van der Waals surface area (Å²) in [5, 5.41) is 2.13. The van der Waals surface area contributed by atoms with Crippen LogP contribution < -0.4 is 0 Å². The molecule has 0 N–H and O–H groups in total. The first-order valence-electron chi connectivity index (χ1n) is 9.06. The van der Waals surface area contributed by atoms with E-state index in [9.17, 15) is 0 Å². The fourth-order valence-corrected chi connectivity index (χ4v) is 4.42. The van der Waals surface area contributed by atoms with Crippen molar-refractivity contribution in [2.45, 2.75) is 0 Å². The molecule has 0 saturated carbocycles. The quantitative estimate of drug-likeness (QED) is 0.309. The van der Waals surface area contributed by atoms with Gasteiger partial charge in [0.05, 0.1) is 0 Å². The summed E-state index contributed by atoms with van der Waals surface area (Å²) < 4.78 is 0. The summed E-state index contributed by atoms with van der Waals surface area (Å²) in [5.41, 5.74) is 10.2. The monoisotopic (exact) mass is 362 g/mol. The smallest absolute Gasteiger partial charge is 0.0276 e. The third-order valence-corrected chi connectivity index (χ3v) is 5.95. The van der Waals surface area contributed by atoms with Crippen LogP contribution in [0.2, 0.25) is 0 Å².